The molecule has 0 aliphatic carbocycles. The average Bonchev–Trinajstić information content (AvgIpc) is 2.39. The first-order valence-corrected chi connectivity index (χ1v) is 6.88. The molecule has 0 radical (unpaired) electrons. The van der Waals surface area contributed by atoms with Gasteiger partial charge in [0, 0.05) is 18.5 Å². The number of nitrogens with one attached hydrogen (secondary N) is 2. The third kappa shape index (κ3) is 4.13. The second kappa shape index (κ2) is 7.53. The minimum atomic E-state index is -1.06. The van der Waals surface area contributed by atoms with Gasteiger partial charge in [0.2, 0.25) is 0 Å². The van der Waals surface area contributed by atoms with E-state index in [1.807, 2.05) is 13.1 Å². The maximum atomic E-state index is 10.8. The van der Waals surface area contributed by atoms with Gasteiger partial charge in [-0.25, -0.2) is 4.79 Å². The summed E-state index contributed by atoms with van der Waals surface area (Å²) in [5.41, 5.74) is 0.457. The van der Waals surface area contributed by atoms with E-state index >= 15 is 0 Å². The fourth-order valence-electron chi connectivity index (χ4n) is 2.21. The number of carboxylic acid groups (broad SMARTS) is 1. The van der Waals surface area contributed by atoms with Gasteiger partial charge in [0.15, 0.2) is 0 Å². The number of rotatable bonds is 7. The van der Waals surface area contributed by atoms with Crippen molar-refractivity contribution in [2.24, 2.45) is 0 Å². The van der Waals surface area contributed by atoms with E-state index in [-0.39, 0.29) is 6.54 Å². The van der Waals surface area contributed by atoms with Gasteiger partial charge in [-0.15, -0.1) is 6.58 Å². The Morgan fingerprint density at radius 3 is 2.60 bits per heavy atom. The highest BCUT2D eigenvalue weighted by Crippen LogP contribution is 2.32. The lowest BCUT2D eigenvalue weighted by atomic mass is 9.77. The highest BCUT2D eigenvalue weighted by atomic mass is 35.5. The highest BCUT2D eigenvalue weighted by molar-refractivity contribution is 6.42. The Balaban J connectivity index is 3.20. The first kappa shape index (κ1) is 16.8. The predicted octanol–water partition coefficient (Wildman–Crippen LogP) is 3.29. The number of allylic oxidation sites excluding steroid dienone is 1. The Morgan fingerprint density at radius 2 is 2.10 bits per heavy atom. The molecule has 0 aromatic heterocycles. The Hall–Kier alpha value is -1.23. The summed E-state index contributed by atoms with van der Waals surface area (Å²) in [5.74, 6) is 0. The molecule has 1 atom stereocenters. The molecule has 0 aliphatic heterocycles. The second-order valence-electron chi connectivity index (χ2n) is 4.59. The van der Waals surface area contributed by atoms with Crippen molar-refractivity contribution in [1.29, 1.82) is 0 Å². The SMILES string of the molecule is C=CCC(CNC)(CNC(=O)O)c1ccc(Cl)c(Cl)c1. The molecule has 0 heterocycles. The normalized spacial score (nSPS) is 13.6. The van der Waals surface area contributed by atoms with Crippen LogP contribution in [0.5, 0.6) is 0 Å². The van der Waals surface area contributed by atoms with Crippen LogP contribution >= 0.6 is 23.2 Å². The van der Waals surface area contributed by atoms with Crippen LogP contribution in [0.2, 0.25) is 10.0 Å². The van der Waals surface area contributed by atoms with Crippen molar-refractivity contribution in [2.75, 3.05) is 20.1 Å². The van der Waals surface area contributed by atoms with Gasteiger partial charge in [-0.1, -0.05) is 35.3 Å². The number of carbonyl (C=O) groups is 1. The third-order valence-corrected chi connectivity index (χ3v) is 3.90. The monoisotopic (exact) mass is 316 g/mol. The molecule has 0 aliphatic rings. The number of amides is 1. The molecular weight excluding hydrogens is 299 g/mol. The van der Waals surface area contributed by atoms with E-state index in [0.717, 1.165) is 5.56 Å². The first-order chi connectivity index (χ1) is 9.45. The molecule has 0 fully saturated rings. The minimum Gasteiger partial charge on any atom is -0.465 e. The zero-order valence-electron chi connectivity index (χ0n) is 11.2. The van der Waals surface area contributed by atoms with Gasteiger partial charge in [0.25, 0.3) is 0 Å². The van der Waals surface area contributed by atoms with Crippen LogP contribution < -0.4 is 10.6 Å². The lowest BCUT2D eigenvalue weighted by Gasteiger charge is -2.33. The molecule has 6 heteroatoms. The van der Waals surface area contributed by atoms with E-state index in [2.05, 4.69) is 17.2 Å². The summed E-state index contributed by atoms with van der Waals surface area (Å²) in [4.78, 5) is 10.8. The summed E-state index contributed by atoms with van der Waals surface area (Å²) < 4.78 is 0. The first-order valence-electron chi connectivity index (χ1n) is 6.13. The van der Waals surface area contributed by atoms with E-state index in [1.165, 1.54) is 0 Å². The van der Waals surface area contributed by atoms with E-state index in [9.17, 15) is 4.79 Å². The van der Waals surface area contributed by atoms with Crippen LogP contribution in [0.3, 0.4) is 0 Å². The molecule has 1 unspecified atom stereocenters. The summed E-state index contributed by atoms with van der Waals surface area (Å²) in [6.45, 7) is 4.60. The van der Waals surface area contributed by atoms with Gasteiger partial charge < -0.3 is 15.7 Å². The van der Waals surface area contributed by atoms with E-state index < -0.39 is 11.5 Å². The molecule has 1 rings (SSSR count). The molecule has 0 bridgehead atoms. The van der Waals surface area contributed by atoms with Gasteiger partial charge in [0.05, 0.1) is 10.0 Å². The Morgan fingerprint density at radius 1 is 1.40 bits per heavy atom. The fraction of sp³-hybridized carbons (Fsp3) is 0.357. The molecule has 3 N–H and O–H groups in total. The zero-order valence-corrected chi connectivity index (χ0v) is 12.8. The van der Waals surface area contributed by atoms with Gasteiger partial charge in [-0.05, 0) is 31.2 Å². The fourth-order valence-corrected chi connectivity index (χ4v) is 2.51. The Bertz CT molecular complexity index is 494. The lowest BCUT2D eigenvalue weighted by Crippen LogP contribution is -2.46. The molecular formula is C14H18Cl2N2O2. The minimum absolute atomic E-state index is 0.257. The summed E-state index contributed by atoms with van der Waals surface area (Å²) >= 11 is 12.0. The number of halogens is 2. The average molecular weight is 317 g/mol. The number of hydrogen-bond acceptors (Lipinski definition) is 2. The molecule has 20 heavy (non-hydrogen) atoms. The topological polar surface area (TPSA) is 61.4 Å². The van der Waals surface area contributed by atoms with Crippen LogP contribution in [0.15, 0.2) is 30.9 Å². The number of likely N-dealkylation sites (N-methyl/N-ethyl adjacent to an activating group) is 1. The molecule has 1 aromatic carbocycles. The smallest absolute Gasteiger partial charge is 0.404 e. The standard InChI is InChI=1S/C14H18Cl2N2O2/c1-3-6-14(8-17-2,9-18-13(19)20)10-4-5-11(15)12(16)7-10/h3-5,7,17-18H,1,6,8-9H2,2H3,(H,19,20). The van der Waals surface area contributed by atoms with Gasteiger partial charge in [0.1, 0.15) is 0 Å². The molecule has 4 nitrogen and oxygen atoms in total. The summed E-state index contributed by atoms with van der Waals surface area (Å²) in [5, 5.41) is 15.3. The van der Waals surface area contributed by atoms with Gasteiger partial charge >= 0.3 is 6.09 Å². The predicted molar refractivity (Wildman–Crippen MR) is 82.9 cm³/mol. The molecule has 0 saturated carbocycles. The highest BCUT2D eigenvalue weighted by Gasteiger charge is 2.31. The van der Waals surface area contributed by atoms with Crippen molar-refractivity contribution in [2.45, 2.75) is 11.8 Å². The summed E-state index contributed by atoms with van der Waals surface area (Å²) in [6.07, 6.45) is 1.31. The molecule has 0 saturated heterocycles. The largest absolute Gasteiger partial charge is 0.465 e. The van der Waals surface area contributed by atoms with Crippen molar-refractivity contribution < 1.29 is 9.90 Å². The van der Waals surface area contributed by atoms with Crippen molar-refractivity contribution in [3.63, 3.8) is 0 Å². The van der Waals surface area contributed by atoms with Gasteiger partial charge in [-0.2, -0.15) is 0 Å². The maximum absolute atomic E-state index is 10.8. The van der Waals surface area contributed by atoms with Crippen LogP contribution in [-0.2, 0) is 5.41 Å². The van der Waals surface area contributed by atoms with Crippen LogP contribution in [0.1, 0.15) is 12.0 Å². The third-order valence-electron chi connectivity index (χ3n) is 3.16. The van der Waals surface area contributed by atoms with Crippen molar-refractivity contribution >= 4 is 29.3 Å². The zero-order chi connectivity index (χ0) is 15.2. The van der Waals surface area contributed by atoms with E-state index in [1.54, 1.807) is 18.2 Å². The van der Waals surface area contributed by atoms with Crippen LogP contribution in [0.25, 0.3) is 0 Å². The number of benzene rings is 1. The lowest BCUT2D eigenvalue weighted by molar-refractivity contribution is 0.190. The summed E-state index contributed by atoms with van der Waals surface area (Å²) in [7, 11) is 1.82. The van der Waals surface area contributed by atoms with Crippen LogP contribution in [0, 0.1) is 0 Å². The van der Waals surface area contributed by atoms with Crippen molar-refractivity contribution in [3.05, 3.63) is 46.5 Å². The van der Waals surface area contributed by atoms with E-state index in [0.29, 0.717) is 23.0 Å². The summed E-state index contributed by atoms with van der Waals surface area (Å²) in [6, 6.07) is 5.35. The number of hydrogen-bond donors (Lipinski definition) is 3. The van der Waals surface area contributed by atoms with E-state index in [4.69, 9.17) is 28.3 Å². The molecule has 110 valence electrons. The Labute approximate surface area is 128 Å². The Kier molecular flexibility index (Phi) is 6.33. The van der Waals surface area contributed by atoms with Crippen molar-refractivity contribution in [1.82, 2.24) is 10.6 Å². The van der Waals surface area contributed by atoms with Crippen LogP contribution in [0.4, 0.5) is 4.79 Å². The second-order valence-corrected chi connectivity index (χ2v) is 5.41. The molecule has 1 aromatic rings. The van der Waals surface area contributed by atoms with Crippen LogP contribution in [-0.4, -0.2) is 31.3 Å². The molecule has 0 spiro atoms. The maximum Gasteiger partial charge on any atom is 0.404 e. The molecule has 1 amide bonds. The van der Waals surface area contributed by atoms with Crippen molar-refractivity contribution in [3.8, 4) is 0 Å². The quantitative estimate of drug-likeness (QED) is 0.676. The van der Waals surface area contributed by atoms with Gasteiger partial charge in [-0.3, -0.25) is 0 Å².